The molecule has 48 heavy (non-hydrogen) atoms. The summed E-state index contributed by atoms with van der Waals surface area (Å²) in [4.78, 5) is 59.0. The summed E-state index contributed by atoms with van der Waals surface area (Å²) in [6.45, 7) is 1.22. The number of carboxylic acids is 1. The number of aromatic nitrogens is 2. The van der Waals surface area contributed by atoms with Gasteiger partial charge in [0.1, 0.15) is 17.8 Å². The van der Waals surface area contributed by atoms with Crippen LogP contribution in [0, 0.1) is 0 Å². The van der Waals surface area contributed by atoms with E-state index >= 15 is 0 Å². The lowest BCUT2D eigenvalue weighted by atomic mass is 10.0. The molecular formula is C35H38N6O7. The summed E-state index contributed by atoms with van der Waals surface area (Å²) in [5.41, 5.74) is 10.2. The predicted molar refractivity (Wildman–Crippen MR) is 179 cm³/mol. The van der Waals surface area contributed by atoms with Crippen LogP contribution in [0.4, 0.5) is 0 Å². The first-order valence-corrected chi connectivity index (χ1v) is 15.5. The Hall–Kier alpha value is -5.66. The Labute approximate surface area is 275 Å². The van der Waals surface area contributed by atoms with E-state index < -0.39 is 54.0 Å². The summed E-state index contributed by atoms with van der Waals surface area (Å²) in [5, 5.41) is 38.7. The molecule has 3 aromatic carbocycles. The lowest BCUT2D eigenvalue weighted by Crippen LogP contribution is -2.59. The van der Waals surface area contributed by atoms with E-state index in [1.165, 1.54) is 19.1 Å². The largest absolute Gasteiger partial charge is 0.508 e. The molecule has 5 unspecified atom stereocenters. The van der Waals surface area contributed by atoms with Crippen LogP contribution in [0.15, 0.2) is 85.2 Å². The van der Waals surface area contributed by atoms with Crippen LogP contribution >= 0.6 is 0 Å². The van der Waals surface area contributed by atoms with Gasteiger partial charge in [0.2, 0.25) is 17.7 Å². The third-order valence-electron chi connectivity index (χ3n) is 8.24. The first-order valence-electron chi connectivity index (χ1n) is 15.5. The summed E-state index contributed by atoms with van der Waals surface area (Å²) < 4.78 is 0. The maximum atomic E-state index is 14.0. The summed E-state index contributed by atoms with van der Waals surface area (Å²) in [6.07, 6.45) is 2.25. The topological polar surface area (TPSA) is 223 Å². The number of carboxylic acid groups (broad SMARTS) is 1. The van der Waals surface area contributed by atoms with Gasteiger partial charge in [-0.05, 0) is 54.3 Å². The van der Waals surface area contributed by atoms with Gasteiger partial charge >= 0.3 is 5.97 Å². The second-order valence-corrected chi connectivity index (χ2v) is 11.8. The van der Waals surface area contributed by atoms with E-state index in [-0.39, 0.29) is 25.0 Å². The van der Waals surface area contributed by atoms with Gasteiger partial charge in [-0.15, -0.1) is 0 Å². The van der Waals surface area contributed by atoms with Gasteiger partial charge in [0.05, 0.1) is 12.1 Å². The normalized spacial score (nSPS) is 14.5. The Morgan fingerprint density at radius 3 is 1.77 bits per heavy atom. The standard InChI is InChI=1S/C35H38N6O7/c1-19(42)31(35(47)48)41-34(46)29(14-20-10-12-23(43)13-11-20)40-33(45)30(16-22-18-38-28-9-5-3-7-25(22)28)39-32(44)26(36)15-21-17-37-27-8-4-2-6-24(21)27/h2-13,17-19,26,29-31,37-38,42-43H,14-16,36H2,1H3,(H,39,44)(H,40,45)(H,41,46)(H,47,48). The van der Waals surface area contributed by atoms with Crippen LogP contribution in [0.2, 0.25) is 0 Å². The molecule has 13 nitrogen and oxygen atoms in total. The van der Waals surface area contributed by atoms with Crippen molar-refractivity contribution in [2.75, 3.05) is 0 Å². The molecule has 0 aliphatic carbocycles. The number of hydrogen-bond acceptors (Lipinski definition) is 7. The van der Waals surface area contributed by atoms with Gasteiger partial charge in [-0.1, -0.05) is 48.5 Å². The number of benzene rings is 3. The number of rotatable bonds is 14. The summed E-state index contributed by atoms with van der Waals surface area (Å²) in [6, 6.07) is 15.9. The van der Waals surface area contributed by atoms with E-state index in [1.807, 2.05) is 48.5 Å². The van der Waals surface area contributed by atoms with Crippen molar-refractivity contribution in [3.63, 3.8) is 0 Å². The lowest BCUT2D eigenvalue weighted by Gasteiger charge is -2.26. The molecule has 2 heterocycles. The Morgan fingerprint density at radius 1 is 0.708 bits per heavy atom. The Kier molecular flexibility index (Phi) is 10.4. The van der Waals surface area contributed by atoms with Crippen LogP contribution in [0.5, 0.6) is 5.75 Å². The van der Waals surface area contributed by atoms with Gasteiger partial charge in [0.15, 0.2) is 6.04 Å². The number of H-pyrrole nitrogens is 2. The number of aromatic amines is 2. The smallest absolute Gasteiger partial charge is 0.328 e. The van der Waals surface area contributed by atoms with Crippen molar-refractivity contribution in [2.45, 2.75) is 56.5 Å². The number of carbonyl (C=O) groups is 4. The van der Waals surface area contributed by atoms with Gasteiger partial charge < -0.3 is 47.0 Å². The Morgan fingerprint density at radius 2 is 1.21 bits per heavy atom. The highest BCUT2D eigenvalue weighted by Crippen LogP contribution is 2.21. The number of aliphatic hydroxyl groups excluding tert-OH is 1. The molecule has 5 atom stereocenters. The number of aliphatic hydroxyl groups is 1. The monoisotopic (exact) mass is 654 g/mol. The number of carbonyl (C=O) groups excluding carboxylic acids is 3. The highest BCUT2D eigenvalue weighted by atomic mass is 16.4. The highest BCUT2D eigenvalue weighted by molar-refractivity contribution is 5.95. The molecular weight excluding hydrogens is 616 g/mol. The lowest BCUT2D eigenvalue weighted by molar-refractivity contribution is -0.145. The van der Waals surface area contributed by atoms with Gasteiger partial charge in [-0.3, -0.25) is 14.4 Å². The van der Waals surface area contributed by atoms with Gasteiger partial charge in [0.25, 0.3) is 0 Å². The maximum absolute atomic E-state index is 14.0. The van der Waals surface area contributed by atoms with Crippen LogP contribution in [0.3, 0.4) is 0 Å². The number of aromatic hydroxyl groups is 1. The number of nitrogens with two attached hydrogens (primary N) is 1. The molecule has 0 bridgehead atoms. The number of aliphatic carboxylic acids is 1. The second-order valence-electron chi connectivity index (χ2n) is 11.8. The molecule has 0 aliphatic rings. The Balaban J connectivity index is 1.40. The first kappa shape index (κ1) is 33.7. The number of phenols is 1. The van der Waals surface area contributed by atoms with Gasteiger partial charge in [-0.2, -0.15) is 0 Å². The molecule has 10 N–H and O–H groups in total. The van der Waals surface area contributed by atoms with Crippen molar-refractivity contribution in [3.05, 3.63) is 102 Å². The molecule has 13 heteroatoms. The predicted octanol–water partition coefficient (Wildman–Crippen LogP) is 1.63. The fourth-order valence-corrected chi connectivity index (χ4v) is 5.63. The minimum Gasteiger partial charge on any atom is -0.508 e. The number of amides is 3. The average Bonchev–Trinajstić information content (AvgIpc) is 3.67. The minimum atomic E-state index is -1.64. The fraction of sp³-hybridized carbons (Fsp3) is 0.257. The van der Waals surface area contributed by atoms with Crippen LogP contribution < -0.4 is 21.7 Å². The van der Waals surface area contributed by atoms with Crippen molar-refractivity contribution in [2.24, 2.45) is 5.73 Å². The Bertz CT molecular complexity index is 1920. The average molecular weight is 655 g/mol. The maximum Gasteiger partial charge on any atom is 0.328 e. The molecule has 2 aromatic heterocycles. The number of phenolic OH excluding ortho intramolecular Hbond substituents is 1. The number of fused-ring (bicyclic) bond motifs is 2. The van der Waals surface area contributed by atoms with Crippen molar-refractivity contribution in [1.29, 1.82) is 0 Å². The molecule has 5 aromatic rings. The zero-order valence-electron chi connectivity index (χ0n) is 26.1. The minimum absolute atomic E-state index is 0.00526. The van der Waals surface area contributed by atoms with E-state index in [4.69, 9.17) is 5.73 Å². The number of hydrogen-bond donors (Lipinski definition) is 9. The van der Waals surface area contributed by atoms with Crippen LogP contribution in [-0.4, -0.2) is 79.2 Å². The molecule has 0 saturated carbocycles. The van der Waals surface area contributed by atoms with Crippen molar-refractivity contribution in [1.82, 2.24) is 25.9 Å². The molecule has 3 amide bonds. The van der Waals surface area contributed by atoms with E-state index in [1.54, 1.807) is 24.5 Å². The van der Waals surface area contributed by atoms with Gasteiger partial charge in [-0.25, -0.2) is 4.79 Å². The van der Waals surface area contributed by atoms with E-state index in [2.05, 4.69) is 25.9 Å². The molecule has 0 spiro atoms. The summed E-state index contributed by atoms with van der Waals surface area (Å²) in [5.74, 6) is -3.62. The van der Waals surface area contributed by atoms with Crippen molar-refractivity contribution < 1.29 is 34.5 Å². The second kappa shape index (κ2) is 14.8. The molecule has 0 aliphatic heterocycles. The molecule has 0 radical (unpaired) electrons. The summed E-state index contributed by atoms with van der Waals surface area (Å²) in [7, 11) is 0. The summed E-state index contributed by atoms with van der Waals surface area (Å²) >= 11 is 0. The van der Waals surface area contributed by atoms with E-state index in [0.717, 1.165) is 32.9 Å². The van der Waals surface area contributed by atoms with Crippen molar-refractivity contribution >= 4 is 45.5 Å². The zero-order chi connectivity index (χ0) is 34.4. The van der Waals surface area contributed by atoms with Crippen LogP contribution in [0.25, 0.3) is 21.8 Å². The molecule has 0 saturated heterocycles. The van der Waals surface area contributed by atoms with Crippen molar-refractivity contribution in [3.8, 4) is 5.75 Å². The number of para-hydroxylation sites is 2. The first-order chi connectivity index (χ1) is 23.0. The zero-order valence-corrected chi connectivity index (χ0v) is 26.1. The van der Waals surface area contributed by atoms with Crippen LogP contribution in [0.1, 0.15) is 23.6 Å². The third kappa shape index (κ3) is 8.00. The van der Waals surface area contributed by atoms with E-state index in [9.17, 15) is 34.5 Å². The van der Waals surface area contributed by atoms with Gasteiger partial charge in [0, 0.05) is 47.0 Å². The SMILES string of the molecule is CC(O)C(NC(=O)C(Cc1ccc(O)cc1)NC(=O)C(Cc1c[nH]c2ccccc12)NC(=O)C(N)Cc1c[nH]c2ccccc12)C(=O)O. The molecule has 0 fully saturated rings. The van der Waals surface area contributed by atoms with Crippen LogP contribution in [-0.2, 0) is 38.4 Å². The third-order valence-corrected chi connectivity index (χ3v) is 8.24. The van der Waals surface area contributed by atoms with E-state index in [0.29, 0.717) is 5.56 Å². The fourth-order valence-electron chi connectivity index (χ4n) is 5.63. The molecule has 250 valence electrons. The quantitative estimate of drug-likeness (QED) is 0.0854. The number of nitrogens with one attached hydrogen (secondary N) is 5. The highest BCUT2D eigenvalue weighted by Gasteiger charge is 2.32. The molecule has 5 rings (SSSR count).